The highest BCUT2D eigenvalue weighted by atomic mass is 79.9. The Bertz CT molecular complexity index is 455. The first-order chi connectivity index (χ1) is 8.65. The van der Waals surface area contributed by atoms with Crippen molar-refractivity contribution in [3.63, 3.8) is 0 Å². The summed E-state index contributed by atoms with van der Waals surface area (Å²) in [5.74, 6) is -0.887. The average Bonchev–Trinajstić information content (AvgIpc) is 2.41. The first-order valence-corrected chi connectivity index (χ1v) is 7.46. The van der Waals surface area contributed by atoms with Crippen molar-refractivity contribution in [3.8, 4) is 0 Å². The number of likely N-dealkylation sites (tertiary alicyclic amines) is 1. The van der Waals surface area contributed by atoms with Gasteiger partial charge in [-0.25, -0.2) is 4.39 Å². The van der Waals surface area contributed by atoms with Crippen LogP contribution in [-0.2, 0) is 0 Å². The van der Waals surface area contributed by atoms with Crippen LogP contribution in [-0.4, -0.2) is 28.7 Å². The van der Waals surface area contributed by atoms with Gasteiger partial charge in [-0.05, 0) is 31.4 Å². The smallest absolute Gasteiger partial charge is 0.257 e. The molecule has 2 rings (SSSR count). The van der Waals surface area contributed by atoms with Gasteiger partial charge in [-0.2, -0.15) is 0 Å². The van der Waals surface area contributed by atoms with Crippen molar-refractivity contribution in [1.29, 1.82) is 0 Å². The molecule has 98 valence electrons. The predicted molar refractivity (Wildman–Crippen MR) is 73.9 cm³/mol. The summed E-state index contributed by atoms with van der Waals surface area (Å²) in [7, 11) is 0. The summed E-state index contributed by atoms with van der Waals surface area (Å²) in [6.07, 6.45) is 3.04. The van der Waals surface area contributed by atoms with Crippen molar-refractivity contribution in [2.45, 2.75) is 25.3 Å². The van der Waals surface area contributed by atoms with Crippen molar-refractivity contribution in [1.82, 2.24) is 4.90 Å². The molecule has 1 aliphatic heterocycles. The molecule has 0 saturated carbocycles. The van der Waals surface area contributed by atoms with Crippen LogP contribution in [0.2, 0.25) is 5.02 Å². The Morgan fingerprint density at radius 1 is 1.50 bits per heavy atom. The molecule has 1 fully saturated rings. The van der Waals surface area contributed by atoms with Gasteiger partial charge >= 0.3 is 0 Å². The highest BCUT2D eigenvalue weighted by Gasteiger charge is 2.28. The molecule has 1 aliphatic rings. The number of halogens is 3. The van der Waals surface area contributed by atoms with Gasteiger partial charge in [-0.15, -0.1) is 0 Å². The van der Waals surface area contributed by atoms with Gasteiger partial charge in [-0.3, -0.25) is 4.79 Å². The number of hydrogen-bond donors (Lipinski definition) is 0. The second-order valence-corrected chi connectivity index (χ2v) is 5.46. The Labute approximate surface area is 119 Å². The lowest BCUT2D eigenvalue weighted by Crippen LogP contribution is -2.44. The molecule has 1 aromatic rings. The van der Waals surface area contributed by atoms with E-state index in [2.05, 4.69) is 15.9 Å². The SMILES string of the molecule is O=C(c1cccc(Cl)c1F)N1CCCCC1CBr. The number of hydrogen-bond acceptors (Lipinski definition) is 1. The Morgan fingerprint density at radius 3 is 3.00 bits per heavy atom. The number of amides is 1. The normalized spacial score (nSPS) is 19.9. The largest absolute Gasteiger partial charge is 0.335 e. The molecule has 1 amide bonds. The third kappa shape index (κ3) is 2.69. The third-order valence-electron chi connectivity index (χ3n) is 3.25. The monoisotopic (exact) mass is 333 g/mol. The number of piperidine rings is 1. The Hall–Kier alpha value is -0.610. The summed E-state index contributed by atoms with van der Waals surface area (Å²) in [6.45, 7) is 0.682. The third-order valence-corrected chi connectivity index (χ3v) is 4.29. The molecule has 0 aromatic heterocycles. The highest BCUT2D eigenvalue weighted by molar-refractivity contribution is 9.09. The van der Waals surface area contributed by atoms with E-state index in [1.54, 1.807) is 11.0 Å². The summed E-state index contributed by atoms with van der Waals surface area (Å²) >= 11 is 9.12. The Morgan fingerprint density at radius 2 is 2.28 bits per heavy atom. The molecular weight excluding hydrogens is 321 g/mol. The van der Waals surface area contributed by atoms with Gasteiger partial charge in [0.25, 0.3) is 5.91 Å². The predicted octanol–water partition coefficient (Wildman–Crippen LogP) is 3.87. The molecule has 1 heterocycles. The van der Waals surface area contributed by atoms with Crippen LogP contribution in [0.25, 0.3) is 0 Å². The zero-order valence-corrected chi connectivity index (χ0v) is 12.2. The van der Waals surface area contributed by atoms with Crippen molar-refractivity contribution in [3.05, 3.63) is 34.6 Å². The number of carbonyl (C=O) groups is 1. The minimum absolute atomic E-state index is 0.00625. The maximum Gasteiger partial charge on any atom is 0.257 e. The molecule has 0 aliphatic carbocycles. The van der Waals surface area contributed by atoms with Crippen molar-refractivity contribution in [2.75, 3.05) is 11.9 Å². The second-order valence-electron chi connectivity index (χ2n) is 4.40. The first kappa shape index (κ1) is 13.8. The summed E-state index contributed by atoms with van der Waals surface area (Å²) < 4.78 is 13.8. The molecule has 2 nitrogen and oxygen atoms in total. The van der Waals surface area contributed by atoms with Crippen LogP contribution in [0.3, 0.4) is 0 Å². The number of rotatable bonds is 2. The number of carbonyl (C=O) groups excluding carboxylic acids is 1. The fourth-order valence-corrected chi connectivity index (χ4v) is 3.10. The van der Waals surface area contributed by atoms with E-state index in [1.807, 2.05) is 0 Å². The van der Waals surface area contributed by atoms with Gasteiger partial charge in [0.05, 0.1) is 10.6 Å². The van der Waals surface area contributed by atoms with Gasteiger partial charge in [0, 0.05) is 17.9 Å². The molecule has 1 saturated heterocycles. The summed E-state index contributed by atoms with van der Waals surface area (Å²) in [6, 6.07) is 4.69. The minimum atomic E-state index is -0.622. The summed E-state index contributed by atoms with van der Waals surface area (Å²) in [5.41, 5.74) is 0.0651. The Balaban J connectivity index is 2.27. The zero-order chi connectivity index (χ0) is 13.1. The van der Waals surface area contributed by atoms with Gasteiger partial charge in [0.1, 0.15) is 0 Å². The van der Waals surface area contributed by atoms with E-state index in [4.69, 9.17) is 11.6 Å². The topological polar surface area (TPSA) is 20.3 Å². The first-order valence-electron chi connectivity index (χ1n) is 5.96. The highest BCUT2D eigenvalue weighted by Crippen LogP contribution is 2.24. The maximum atomic E-state index is 13.8. The van der Waals surface area contributed by atoms with E-state index in [9.17, 15) is 9.18 Å². The van der Waals surface area contributed by atoms with E-state index in [-0.39, 0.29) is 22.5 Å². The lowest BCUT2D eigenvalue weighted by Gasteiger charge is -2.34. The van der Waals surface area contributed by atoms with E-state index in [0.29, 0.717) is 6.54 Å². The lowest BCUT2D eigenvalue weighted by atomic mass is 10.0. The quantitative estimate of drug-likeness (QED) is 0.752. The van der Waals surface area contributed by atoms with Crippen LogP contribution in [0.15, 0.2) is 18.2 Å². The van der Waals surface area contributed by atoms with Crippen LogP contribution in [0.4, 0.5) is 4.39 Å². The van der Waals surface area contributed by atoms with E-state index >= 15 is 0 Å². The van der Waals surface area contributed by atoms with Gasteiger partial charge in [0.2, 0.25) is 0 Å². The molecule has 18 heavy (non-hydrogen) atoms. The zero-order valence-electron chi connectivity index (χ0n) is 9.83. The molecule has 5 heteroatoms. The summed E-state index contributed by atoms with van der Waals surface area (Å²) in [5, 5.41) is 0.717. The maximum absolute atomic E-state index is 13.8. The van der Waals surface area contributed by atoms with Gasteiger partial charge in [0.15, 0.2) is 5.82 Å². The molecule has 0 spiro atoms. The Kier molecular flexibility index (Phi) is 4.62. The average molecular weight is 335 g/mol. The molecule has 0 N–H and O–H groups in total. The van der Waals surface area contributed by atoms with E-state index in [0.717, 1.165) is 24.6 Å². The number of benzene rings is 1. The fourth-order valence-electron chi connectivity index (χ4n) is 2.25. The van der Waals surface area contributed by atoms with Crippen LogP contribution in [0.5, 0.6) is 0 Å². The molecule has 0 bridgehead atoms. The van der Waals surface area contributed by atoms with Crippen LogP contribution >= 0.6 is 27.5 Å². The van der Waals surface area contributed by atoms with Gasteiger partial charge < -0.3 is 4.90 Å². The molecule has 1 aromatic carbocycles. The van der Waals surface area contributed by atoms with Crippen LogP contribution in [0, 0.1) is 5.82 Å². The molecule has 1 atom stereocenters. The van der Waals surface area contributed by atoms with Crippen LogP contribution in [0.1, 0.15) is 29.6 Å². The summed E-state index contributed by atoms with van der Waals surface area (Å²) in [4.78, 5) is 14.1. The van der Waals surface area contributed by atoms with Crippen molar-refractivity contribution in [2.24, 2.45) is 0 Å². The van der Waals surface area contributed by atoms with Crippen molar-refractivity contribution < 1.29 is 9.18 Å². The molecule has 1 unspecified atom stereocenters. The molecular formula is C13H14BrClFNO. The minimum Gasteiger partial charge on any atom is -0.335 e. The number of alkyl halides is 1. The second kappa shape index (κ2) is 6.02. The lowest BCUT2D eigenvalue weighted by molar-refractivity contribution is 0.0637. The molecule has 0 radical (unpaired) electrons. The van der Waals surface area contributed by atoms with Crippen molar-refractivity contribution >= 4 is 33.4 Å². The number of nitrogens with zero attached hydrogens (tertiary/aromatic N) is 1. The standard InChI is InChI=1S/C13H14BrClFNO/c14-8-9-4-1-2-7-17(9)13(18)10-5-3-6-11(15)12(10)16/h3,5-6,9H,1-2,4,7-8H2. The van der Waals surface area contributed by atoms with E-state index < -0.39 is 5.82 Å². The fraction of sp³-hybridized carbons (Fsp3) is 0.462. The van der Waals surface area contributed by atoms with Gasteiger partial charge in [-0.1, -0.05) is 33.6 Å². The van der Waals surface area contributed by atoms with Crippen LogP contribution < -0.4 is 0 Å². The van der Waals surface area contributed by atoms with E-state index in [1.165, 1.54) is 12.1 Å².